The van der Waals surface area contributed by atoms with E-state index in [2.05, 4.69) is 105 Å². The van der Waals surface area contributed by atoms with E-state index in [-0.39, 0.29) is 35.6 Å². The molecular weight excluding hydrogens is 717 g/mol. The minimum Gasteiger partial charge on any atom is -0.374 e. The standard InChI is InChI=1S/C45H52N8O4/c1-29-21-34(9-10-35(29)23-46-44(56)52-26-38(27-52)57-45(2,3)4)42-40-22-36(25-53(40)48-28-47-42)32-7-5-30(6-8-32)24-51-19-17-33(18-20-51)31-11-13-37(14-12-31)49-39-15-16-41(54)50-43(39)55/h5-14,21-22,25,28,33,38-39,49H,15-20,23-24,26-27H2,1-4H3,(H,46,56)(H,50,54,55). The summed E-state index contributed by atoms with van der Waals surface area (Å²) in [6.45, 7) is 12.9. The molecule has 0 aliphatic carbocycles. The number of piperidine rings is 2. The highest BCUT2D eigenvalue weighted by Gasteiger charge is 2.34. The van der Waals surface area contributed by atoms with E-state index in [9.17, 15) is 14.4 Å². The average molecular weight is 769 g/mol. The van der Waals surface area contributed by atoms with Gasteiger partial charge in [0.1, 0.15) is 12.4 Å². The molecule has 4 amide bonds. The zero-order valence-corrected chi connectivity index (χ0v) is 33.3. The van der Waals surface area contributed by atoms with Crippen molar-refractivity contribution in [1.29, 1.82) is 0 Å². The SMILES string of the molecule is Cc1cc(-c2ncnn3cc(-c4ccc(CN5CCC(c6ccc(NC7CCC(=O)NC7=O)cc6)CC5)cc4)cc23)ccc1CNC(=O)N1CC(OC(C)(C)C)C1. The molecule has 3 saturated heterocycles. The Labute approximate surface area is 334 Å². The van der Waals surface area contributed by atoms with Crippen LogP contribution in [0.25, 0.3) is 27.9 Å². The Hall–Kier alpha value is -5.59. The number of fused-ring (bicyclic) bond motifs is 1. The Balaban J connectivity index is 0.837. The number of benzene rings is 3. The van der Waals surface area contributed by atoms with Crippen LogP contribution in [-0.2, 0) is 27.4 Å². The number of likely N-dealkylation sites (tertiary alicyclic amines) is 2. The van der Waals surface area contributed by atoms with Gasteiger partial charge in [0.05, 0.1) is 36.0 Å². The van der Waals surface area contributed by atoms with E-state index in [1.807, 2.05) is 37.4 Å². The fourth-order valence-corrected chi connectivity index (χ4v) is 8.18. The highest BCUT2D eigenvalue weighted by atomic mass is 16.5. The summed E-state index contributed by atoms with van der Waals surface area (Å²) in [6, 6.07) is 25.3. The van der Waals surface area contributed by atoms with Crippen LogP contribution in [0.2, 0.25) is 0 Å². The van der Waals surface area contributed by atoms with Gasteiger partial charge in [0.2, 0.25) is 11.8 Å². The number of amides is 4. The van der Waals surface area contributed by atoms with E-state index in [0.29, 0.717) is 38.4 Å². The lowest BCUT2D eigenvalue weighted by atomic mass is 9.89. The Bertz CT molecular complexity index is 2250. The number of anilines is 1. The lowest BCUT2D eigenvalue weighted by molar-refractivity contribution is -0.133. The predicted octanol–water partition coefficient (Wildman–Crippen LogP) is 6.68. The summed E-state index contributed by atoms with van der Waals surface area (Å²) in [4.78, 5) is 45.3. The van der Waals surface area contributed by atoms with Crippen molar-refractivity contribution >= 4 is 29.0 Å². The molecule has 3 aliphatic heterocycles. The third kappa shape index (κ3) is 9.03. The van der Waals surface area contributed by atoms with Gasteiger partial charge in [0.15, 0.2) is 0 Å². The molecule has 5 heterocycles. The van der Waals surface area contributed by atoms with Crippen LogP contribution in [0.1, 0.15) is 74.6 Å². The maximum atomic E-state index is 12.7. The van der Waals surface area contributed by atoms with Gasteiger partial charge in [0.25, 0.3) is 0 Å². The molecule has 5 aromatic rings. The van der Waals surface area contributed by atoms with Gasteiger partial charge in [-0.25, -0.2) is 14.3 Å². The molecular formula is C45H52N8O4. The van der Waals surface area contributed by atoms with E-state index in [4.69, 9.17) is 4.74 Å². The van der Waals surface area contributed by atoms with Crippen LogP contribution < -0.4 is 16.0 Å². The molecule has 0 radical (unpaired) electrons. The van der Waals surface area contributed by atoms with Gasteiger partial charge < -0.3 is 20.3 Å². The topological polar surface area (TPSA) is 133 Å². The van der Waals surface area contributed by atoms with Gasteiger partial charge in [-0.15, -0.1) is 0 Å². The molecule has 0 spiro atoms. The van der Waals surface area contributed by atoms with Gasteiger partial charge in [-0.2, -0.15) is 5.10 Å². The van der Waals surface area contributed by atoms with Crippen molar-refractivity contribution in [2.45, 2.75) is 90.1 Å². The number of ether oxygens (including phenoxy) is 1. The van der Waals surface area contributed by atoms with Crippen molar-refractivity contribution in [2.75, 3.05) is 31.5 Å². The molecule has 1 atom stereocenters. The van der Waals surface area contributed by atoms with Crippen LogP contribution in [0.3, 0.4) is 0 Å². The lowest BCUT2D eigenvalue weighted by Crippen LogP contribution is -2.59. The van der Waals surface area contributed by atoms with Crippen LogP contribution in [0, 0.1) is 6.92 Å². The van der Waals surface area contributed by atoms with Crippen LogP contribution in [0.4, 0.5) is 10.5 Å². The third-order valence-corrected chi connectivity index (χ3v) is 11.4. The monoisotopic (exact) mass is 768 g/mol. The molecule has 3 N–H and O–H groups in total. The normalized spacial score (nSPS) is 18.4. The summed E-state index contributed by atoms with van der Waals surface area (Å²) in [5.41, 5.74) is 10.5. The van der Waals surface area contributed by atoms with Crippen LogP contribution >= 0.6 is 0 Å². The summed E-state index contributed by atoms with van der Waals surface area (Å²) >= 11 is 0. The summed E-state index contributed by atoms with van der Waals surface area (Å²) < 4.78 is 7.86. The molecule has 2 aromatic heterocycles. The third-order valence-electron chi connectivity index (χ3n) is 11.4. The van der Waals surface area contributed by atoms with Gasteiger partial charge in [-0.05, 0) is 118 Å². The van der Waals surface area contributed by atoms with Gasteiger partial charge in [0, 0.05) is 42.5 Å². The maximum absolute atomic E-state index is 12.7. The van der Waals surface area contributed by atoms with Crippen molar-refractivity contribution in [3.8, 4) is 22.4 Å². The maximum Gasteiger partial charge on any atom is 0.317 e. The molecule has 0 saturated carbocycles. The summed E-state index contributed by atoms with van der Waals surface area (Å²) in [7, 11) is 0. The number of imide groups is 1. The second kappa shape index (κ2) is 16.1. The number of carbonyl (C=O) groups excluding carboxylic acids is 3. The van der Waals surface area contributed by atoms with Crippen molar-refractivity contribution in [2.24, 2.45) is 0 Å². The molecule has 3 aliphatic rings. The molecule has 8 rings (SSSR count). The molecule has 12 nitrogen and oxygen atoms in total. The number of aryl methyl sites for hydroxylation is 1. The first-order valence-electron chi connectivity index (χ1n) is 20.1. The van der Waals surface area contributed by atoms with Crippen LogP contribution in [0.5, 0.6) is 0 Å². The Morgan fingerprint density at radius 2 is 1.65 bits per heavy atom. The van der Waals surface area contributed by atoms with Crippen molar-refractivity contribution in [3.63, 3.8) is 0 Å². The van der Waals surface area contributed by atoms with E-state index < -0.39 is 0 Å². The van der Waals surface area contributed by atoms with Crippen molar-refractivity contribution < 1.29 is 19.1 Å². The fourth-order valence-electron chi connectivity index (χ4n) is 8.18. The smallest absolute Gasteiger partial charge is 0.317 e. The Morgan fingerprint density at radius 3 is 2.35 bits per heavy atom. The molecule has 296 valence electrons. The lowest BCUT2D eigenvalue weighted by Gasteiger charge is -2.41. The van der Waals surface area contributed by atoms with Crippen LogP contribution in [0.15, 0.2) is 85.3 Å². The predicted molar refractivity (Wildman–Crippen MR) is 221 cm³/mol. The number of nitrogens with zero attached hydrogens (tertiary/aromatic N) is 5. The number of aromatic nitrogens is 3. The van der Waals surface area contributed by atoms with Gasteiger partial charge in [-0.3, -0.25) is 19.8 Å². The highest BCUT2D eigenvalue weighted by molar-refractivity contribution is 6.01. The zero-order chi connectivity index (χ0) is 39.7. The molecule has 57 heavy (non-hydrogen) atoms. The molecule has 0 bridgehead atoms. The molecule has 3 fully saturated rings. The molecule has 1 unspecified atom stereocenters. The number of nitrogens with one attached hydrogen (secondary N) is 3. The number of hydrogen-bond donors (Lipinski definition) is 3. The first-order chi connectivity index (χ1) is 27.4. The summed E-state index contributed by atoms with van der Waals surface area (Å²) in [5.74, 6) is 0.0589. The Morgan fingerprint density at radius 1 is 0.912 bits per heavy atom. The number of urea groups is 1. The number of carbonyl (C=O) groups is 3. The first kappa shape index (κ1) is 38.3. The number of rotatable bonds is 10. The molecule has 3 aromatic carbocycles. The minimum absolute atomic E-state index is 0.0673. The minimum atomic E-state index is -0.372. The van der Waals surface area contributed by atoms with E-state index in [1.54, 1.807) is 11.2 Å². The second-order valence-electron chi connectivity index (χ2n) is 16.7. The van der Waals surface area contributed by atoms with E-state index in [1.165, 1.54) is 11.1 Å². The average Bonchev–Trinajstić information content (AvgIpc) is 3.62. The first-order valence-corrected chi connectivity index (χ1v) is 20.1. The van der Waals surface area contributed by atoms with Crippen molar-refractivity contribution in [3.05, 3.63) is 108 Å². The van der Waals surface area contributed by atoms with Crippen molar-refractivity contribution in [1.82, 2.24) is 35.0 Å². The largest absolute Gasteiger partial charge is 0.374 e. The molecule has 12 heteroatoms. The second-order valence-corrected chi connectivity index (χ2v) is 16.7. The fraction of sp³-hybridized carbons (Fsp3) is 0.400. The Kier molecular flexibility index (Phi) is 10.8. The highest BCUT2D eigenvalue weighted by Crippen LogP contribution is 2.32. The van der Waals surface area contributed by atoms with Gasteiger partial charge in [-0.1, -0.05) is 48.5 Å². The van der Waals surface area contributed by atoms with E-state index >= 15 is 0 Å². The number of hydrogen-bond acceptors (Lipinski definition) is 8. The van der Waals surface area contributed by atoms with Crippen LogP contribution in [-0.4, -0.2) is 86.2 Å². The summed E-state index contributed by atoms with van der Waals surface area (Å²) in [6.07, 6.45) is 6.83. The summed E-state index contributed by atoms with van der Waals surface area (Å²) in [5, 5.41) is 13.3. The van der Waals surface area contributed by atoms with E-state index in [0.717, 1.165) is 77.2 Å². The zero-order valence-electron chi connectivity index (χ0n) is 33.3. The van der Waals surface area contributed by atoms with Gasteiger partial charge >= 0.3 is 6.03 Å². The quantitative estimate of drug-likeness (QED) is 0.134.